The number of anilines is 1. The zero-order chi connectivity index (χ0) is 28.4. The van der Waals surface area contributed by atoms with Crippen molar-refractivity contribution in [3.8, 4) is 17.4 Å². The number of nitriles is 1. The number of hydrogen-bond donors (Lipinski definition) is 4. The fourth-order valence-corrected chi connectivity index (χ4v) is 6.41. The van der Waals surface area contributed by atoms with Gasteiger partial charge in [-0.1, -0.05) is 25.1 Å². The van der Waals surface area contributed by atoms with Crippen molar-refractivity contribution in [2.45, 2.75) is 63.3 Å². The van der Waals surface area contributed by atoms with Crippen LogP contribution in [0.25, 0.3) is 28.2 Å². The highest BCUT2D eigenvalue weighted by molar-refractivity contribution is 7.93. The van der Waals surface area contributed by atoms with Gasteiger partial charge in [0.1, 0.15) is 35.8 Å². The molecule has 3 aromatic rings. The minimum atomic E-state index is -4.51. The van der Waals surface area contributed by atoms with Crippen LogP contribution in [0.1, 0.15) is 38.4 Å². The highest BCUT2D eigenvalue weighted by Crippen LogP contribution is 2.30. The summed E-state index contributed by atoms with van der Waals surface area (Å²) < 4.78 is 39.0. The second-order valence-corrected chi connectivity index (χ2v) is 11.9. The quantitative estimate of drug-likeness (QED) is 0.315. The Hall–Kier alpha value is -3.24. The van der Waals surface area contributed by atoms with E-state index in [0.29, 0.717) is 12.2 Å². The van der Waals surface area contributed by atoms with Crippen LogP contribution in [-0.4, -0.2) is 67.5 Å². The Morgan fingerprint density at radius 1 is 1.05 bits per heavy atom. The number of furan rings is 1. The second-order valence-electron chi connectivity index (χ2n) is 10.2. The number of benzene rings is 2. The Labute approximate surface area is 233 Å². The molecule has 212 valence electrons. The first-order valence-electron chi connectivity index (χ1n) is 13.4. The molecule has 0 aliphatic carbocycles. The molecule has 2 fully saturated rings. The lowest BCUT2D eigenvalue weighted by Crippen LogP contribution is -2.63. The summed E-state index contributed by atoms with van der Waals surface area (Å²) in [6, 6.07) is 15.6. The van der Waals surface area contributed by atoms with Gasteiger partial charge in [0.25, 0.3) is 10.0 Å². The van der Waals surface area contributed by atoms with E-state index in [9.17, 15) is 29.0 Å². The number of piperidine rings is 1. The number of nitrogens with zero attached hydrogens (tertiary/aromatic N) is 2. The normalized spacial score (nSPS) is 26.1. The number of sulfonamides is 1. The smallest absolute Gasteiger partial charge is 0.251 e. The zero-order valence-corrected chi connectivity index (χ0v) is 22.9. The van der Waals surface area contributed by atoms with Crippen LogP contribution in [0.3, 0.4) is 0 Å². The third kappa shape index (κ3) is 5.78. The van der Waals surface area contributed by atoms with Crippen LogP contribution in [0, 0.1) is 11.3 Å². The summed E-state index contributed by atoms with van der Waals surface area (Å²) in [6.07, 6.45) is -0.568. The first-order valence-corrected chi connectivity index (χ1v) is 14.9. The lowest BCUT2D eigenvalue weighted by atomic mass is 9.96. The summed E-state index contributed by atoms with van der Waals surface area (Å²) >= 11 is 0. The number of rotatable bonds is 7. The number of allylic oxidation sites excluding steroid dienone is 1. The SMILES string of the molecule is CC[C@H]1OC(O)[C@H](NS(=O)(=O)/C(C#N)=C/c2ccc(-c3ccc4cc(N5CCCCC5)ccc4c3)o2)[C@@H](O)[C@@H]1O. The lowest BCUT2D eigenvalue weighted by molar-refractivity contribution is -0.244. The molecule has 0 spiro atoms. The van der Waals surface area contributed by atoms with Crippen molar-refractivity contribution in [2.75, 3.05) is 18.0 Å². The van der Waals surface area contributed by atoms with Gasteiger partial charge < -0.3 is 29.4 Å². The van der Waals surface area contributed by atoms with Crippen molar-refractivity contribution in [1.29, 1.82) is 5.26 Å². The van der Waals surface area contributed by atoms with E-state index in [4.69, 9.17) is 9.15 Å². The van der Waals surface area contributed by atoms with Gasteiger partial charge in [0.15, 0.2) is 11.2 Å². The summed E-state index contributed by atoms with van der Waals surface area (Å²) in [7, 11) is -4.51. The molecule has 2 aliphatic heterocycles. The summed E-state index contributed by atoms with van der Waals surface area (Å²) in [4.78, 5) is 1.72. The molecule has 10 nitrogen and oxygen atoms in total. The lowest BCUT2D eigenvalue weighted by Gasteiger charge is -2.40. The Morgan fingerprint density at radius 2 is 1.77 bits per heavy atom. The Bertz CT molecular complexity index is 1540. The van der Waals surface area contributed by atoms with Crippen LogP contribution in [0.15, 0.2) is 57.9 Å². The van der Waals surface area contributed by atoms with Crippen LogP contribution >= 0.6 is 0 Å². The molecular weight excluding hydrogens is 534 g/mol. The van der Waals surface area contributed by atoms with Crippen molar-refractivity contribution in [1.82, 2.24) is 4.72 Å². The maximum absolute atomic E-state index is 12.9. The first-order chi connectivity index (χ1) is 19.2. The molecule has 1 aromatic heterocycles. The summed E-state index contributed by atoms with van der Waals surface area (Å²) in [6.45, 7) is 3.83. The number of ether oxygens (including phenoxy) is 1. The van der Waals surface area contributed by atoms with E-state index in [2.05, 4.69) is 27.8 Å². The van der Waals surface area contributed by atoms with Crippen LogP contribution in [-0.2, 0) is 14.8 Å². The Balaban J connectivity index is 1.34. The van der Waals surface area contributed by atoms with E-state index in [1.54, 1.807) is 25.1 Å². The number of aliphatic hydroxyl groups is 3. The molecule has 2 saturated heterocycles. The molecule has 0 bridgehead atoms. The van der Waals surface area contributed by atoms with Gasteiger partial charge >= 0.3 is 0 Å². The van der Waals surface area contributed by atoms with Crippen molar-refractivity contribution in [3.63, 3.8) is 0 Å². The van der Waals surface area contributed by atoms with Crippen LogP contribution in [0.2, 0.25) is 0 Å². The van der Waals surface area contributed by atoms with Gasteiger partial charge in [-0.2, -0.15) is 9.98 Å². The van der Waals surface area contributed by atoms with E-state index >= 15 is 0 Å². The largest absolute Gasteiger partial charge is 0.457 e. The monoisotopic (exact) mass is 567 g/mol. The van der Waals surface area contributed by atoms with E-state index < -0.39 is 45.6 Å². The zero-order valence-electron chi connectivity index (χ0n) is 22.1. The number of aliphatic hydroxyl groups excluding tert-OH is 3. The maximum Gasteiger partial charge on any atom is 0.251 e. The second kappa shape index (κ2) is 11.7. The fraction of sp³-hybridized carbons (Fsp3) is 0.414. The molecule has 3 heterocycles. The van der Waals surface area contributed by atoms with Crippen molar-refractivity contribution < 1.29 is 32.9 Å². The van der Waals surface area contributed by atoms with E-state index in [1.165, 1.54) is 24.9 Å². The minimum Gasteiger partial charge on any atom is -0.457 e. The first kappa shape index (κ1) is 28.3. The molecule has 2 aliphatic rings. The third-order valence-electron chi connectivity index (χ3n) is 7.54. The molecule has 2 aromatic carbocycles. The third-order valence-corrected chi connectivity index (χ3v) is 8.91. The predicted molar refractivity (Wildman–Crippen MR) is 150 cm³/mol. The van der Waals surface area contributed by atoms with E-state index in [1.807, 2.05) is 18.2 Å². The van der Waals surface area contributed by atoms with Gasteiger partial charge in [-0.25, -0.2) is 8.42 Å². The van der Waals surface area contributed by atoms with Crippen molar-refractivity contribution >= 4 is 32.6 Å². The van der Waals surface area contributed by atoms with Crippen molar-refractivity contribution in [3.05, 3.63) is 59.2 Å². The molecule has 0 radical (unpaired) electrons. The highest BCUT2D eigenvalue weighted by Gasteiger charge is 2.45. The highest BCUT2D eigenvalue weighted by atomic mass is 32.2. The molecule has 40 heavy (non-hydrogen) atoms. The average Bonchev–Trinajstić information content (AvgIpc) is 3.44. The van der Waals surface area contributed by atoms with Gasteiger partial charge in [0.2, 0.25) is 0 Å². The summed E-state index contributed by atoms with van der Waals surface area (Å²) in [5.74, 6) is 0.626. The Morgan fingerprint density at radius 3 is 2.50 bits per heavy atom. The van der Waals surface area contributed by atoms with Gasteiger partial charge in [-0.05, 0) is 66.8 Å². The standard InChI is InChI=1S/C29H33N3O7S/c1-2-24-27(33)28(34)26(29(35)39-24)31-40(36,37)23(17-30)16-22-10-11-25(38-22)20-7-6-19-15-21(9-8-18(19)14-20)32-12-4-3-5-13-32/h6-11,14-16,24,26-29,31,33-35H,2-5,12-13H2,1H3/b23-16+/t24-,26-,27-,28-,29?/m1/s1. The molecule has 5 atom stereocenters. The fourth-order valence-electron chi connectivity index (χ4n) is 5.27. The average molecular weight is 568 g/mol. The van der Waals surface area contributed by atoms with E-state index in [0.717, 1.165) is 35.5 Å². The Kier molecular flexibility index (Phi) is 8.28. The number of fused-ring (bicyclic) bond motifs is 1. The van der Waals surface area contributed by atoms with Crippen LogP contribution < -0.4 is 9.62 Å². The van der Waals surface area contributed by atoms with Crippen LogP contribution in [0.4, 0.5) is 5.69 Å². The van der Waals surface area contributed by atoms with Gasteiger partial charge in [0.05, 0.1) is 6.10 Å². The molecule has 0 saturated carbocycles. The molecular formula is C29H33N3O7S. The molecule has 0 amide bonds. The molecule has 4 N–H and O–H groups in total. The van der Waals surface area contributed by atoms with Crippen molar-refractivity contribution in [2.24, 2.45) is 0 Å². The van der Waals surface area contributed by atoms with E-state index in [-0.39, 0.29) is 5.76 Å². The maximum atomic E-state index is 12.9. The minimum absolute atomic E-state index is 0.129. The summed E-state index contributed by atoms with van der Waals surface area (Å²) in [5.41, 5.74) is 2.01. The molecule has 5 rings (SSSR count). The van der Waals surface area contributed by atoms with Crippen LogP contribution in [0.5, 0.6) is 0 Å². The number of hydrogen-bond acceptors (Lipinski definition) is 9. The molecule has 11 heteroatoms. The summed E-state index contributed by atoms with van der Waals surface area (Å²) in [5, 5.41) is 42.5. The van der Waals surface area contributed by atoms with Gasteiger partial charge in [-0.3, -0.25) is 0 Å². The molecule has 1 unspecified atom stereocenters. The number of nitrogens with one attached hydrogen (secondary N) is 1. The van der Waals surface area contributed by atoms with Gasteiger partial charge in [0, 0.05) is 30.4 Å². The topological polar surface area (TPSA) is 156 Å². The van der Waals surface area contributed by atoms with Gasteiger partial charge in [-0.15, -0.1) is 0 Å². The predicted octanol–water partition coefficient (Wildman–Crippen LogP) is 3.09.